The molecule has 0 saturated carbocycles. The molecular formula is C15H16N2O2. The van der Waals surface area contributed by atoms with Crippen LogP contribution in [0, 0.1) is 0 Å². The molecule has 0 spiro atoms. The van der Waals surface area contributed by atoms with Crippen LogP contribution in [0.15, 0.2) is 48.7 Å². The molecular weight excluding hydrogens is 240 g/mol. The highest BCUT2D eigenvalue weighted by molar-refractivity contribution is 5.78. The maximum atomic E-state index is 11.9. The van der Waals surface area contributed by atoms with Crippen LogP contribution in [-0.2, 0) is 11.3 Å². The van der Waals surface area contributed by atoms with Crippen molar-refractivity contribution in [3.8, 4) is 0 Å². The Morgan fingerprint density at radius 2 is 2.00 bits per heavy atom. The number of amides is 1. The van der Waals surface area contributed by atoms with E-state index < -0.39 is 0 Å². The van der Waals surface area contributed by atoms with Gasteiger partial charge < -0.3 is 9.88 Å². The summed E-state index contributed by atoms with van der Waals surface area (Å²) in [7, 11) is 0. The number of nitrogens with zero attached hydrogens (tertiary/aromatic N) is 1. The van der Waals surface area contributed by atoms with Gasteiger partial charge in [0.1, 0.15) is 6.54 Å². The van der Waals surface area contributed by atoms with Gasteiger partial charge in [-0.3, -0.25) is 9.59 Å². The van der Waals surface area contributed by atoms with Crippen molar-refractivity contribution in [1.82, 2.24) is 9.88 Å². The fraction of sp³-hybridized carbons (Fsp3) is 0.200. The van der Waals surface area contributed by atoms with Gasteiger partial charge in [-0.1, -0.05) is 30.3 Å². The normalized spacial score (nSPS) is 11.8. The van der Waals surface area contributed by atoms with Crippen LogP contribution < -0.4 is 5.32 Å². The molecule has 1 N–H and O–H groups in total. The van der Waals surface area contributed by atoms with Gasteiger partial charge in [-0.25, -0.2) is 0 Å². The summed E-state index contributed by atoms with van der Waals surface area (Å²) < 4.78 is 1.63. The second-order valence-corrected chi connectivity index (χ2v) is 4.38. The second-order valence-electron chi connectivity index (χ2n) is 4.38. The van der Waals surface area contributed by atoms with Gasteiger partial charge in [-0.05, 0) is 24.6 Å². The molecule has 0 fully saturated rings. The SMILES string of the molecule is CC(NC(=O)Cn1cccc1C=O)c1ccccc1. The van der Waals surface area contributed by atoms with E-state index in [9.17, 15) is 9.59 Å². The van der Waals surface area contributed by atoms with E-state index in [4.69, 9.17) is 0 Å². The largest absolute Gasteiger partial charge is 0.348 e. The summed E-state index contributed by atoms with van der Waals surface area (Å²) in [5.74, 6) is -0.115. The van der Waals surface area contributed by atoms with Crippen LogP contribution in [0.1, 0.15) is 29.0 Å². The van der Waals surface area contributed by atoms with Crippen molar-refractivity contribution in [1.29, 1.82) is 0 Å². The number of aromatic nitrogens is 1. The number of hydrogen-bond acceptors (Lipinski definition) is 2. The summed E-state index contributed by atoms with van der Waals surface area (Å²) in [4.78, 5) is 22.7. The molecule has 1 heterocycles. The van der Waals surface area contributed by atoms with E-state index >= 15 is 0 Å². The number of aldehydes is 1. The molecule has 2 rings (SSSR count). The lowest BCUT2D eigenvalue weighted by Crippen LogP contribution is -2.30. The van der Waals surface area contributed by atoms with Crippen LogP contribution in [0.25, 0.3) is 0 Å². The molecule has 2 aromatic rings. The van der Waals surface area contributed by atoms with Crippen molar-refractivity contribution >= 4 is 12.2 Å². The molecule has 1 atom stereocenters. The van der Waals surface area contributed by atoms with Gasteiger partial charge in [0.25, 0.3) is 0 Å². The summed E-state index contributed by atoms with van der Waals surface area (Å²) >= 11 is 0. The first-order chi connectivity index (χ1) is 9.20. The fourth-order valence-electron chi connectivity index (χ4n) is 1.95. The summed E-state index contributed by atoms with van der Waals surface area (Å²) in [6, 6.07) is 13.1. The molecule has 1 aromatic carbocycles. The molecule has 0 aliphatic rings. The number of benzene rings is 1. The first-order valence-corrected chi connectivity index (χ1v) is 6.15. The maximum Gasteiger partial charge on any atom is 0.240 e. The third kappa shape index (κ3) is 3.31. The van der Waals surface area contributed by atoms with Crippen molar-refractivity contribution < 1.29 is 9.59 Å². The minimum absolute atomic E-state index is 0.0519. The number of rotatable bonds is 5. The van der Waals surface area contributed by atoms with E-state index in [1.165, 1.54) is 0 Å². The van der Waals surface area contributed by atoms with Crippen LogP contribution >= 0.6 is 0 Å². The molecule has 0 radical (unpaired) electrons. The molecule has 1 unspecified atom stereocenters. The third-order valence-corrected chi connectivity index (χ3v) is 2.98. The summed E-state index contributed by atoms with van der Waals surface area (Å²) in [5, 5.41) is 2.91. The monoisotopic (exact) mass is 256 g/mol. The zero-order valence-electron chi connectivity index (χ0n) is 10.7. The van der Waals surface area contributed by atoms with Gasteiger partial charge in [0.15, 0.2) is 6.29 Å². The summed E-state index contributed by atoms with van der Waals surface area (Å²) in [6.45, 7) is 2.09. The lowest BCUT2D eigenvalue weighted by Gasteiger charge is -2.15. The Balaban J connectivity index is 1.97. The molecule has 0 bridgehead atoms. The lowest BCUT2D eigenvalue weighted by atomic mass is 10.1. The Morgan fingerprint density at radius 1 is 1.26 bits per heavy atom. The standard InChI is InChI=1S/C15H16N2O2/c1-12(13-6-3-2-4-7-13)16-15(19)10-17-9-5-8-14(17)11-18/h2-9,11-12H,10H2,1H3,(H,16,19). The van der Waals surface area contributed by atoms with Gasteiger partial charge in [0.2, 0.25) is 5.91 Å². The van der Waals surface area contributed by atoms with Gasteiger partial charge >= 0.3 is 0 Å². The molecule has 1 amide bonds. The molecule has 4 heteroatoms. The fourth-order valence-corrected chi connectivity index (χ4v) is 1.95. The van der Waals surface area contributed by atoms with Gasteiger partial charge in [0.05, 0.1) is 11.7 Å². The Labute approximate surface area is 112 Å². The van der Waals surface area contributed by atoms with Crippen molar-refractivity contribution in [3.05, 3.63) is 59.9 Å². The zero-order chi connectivity index (χ0) is 13.7. The van der Waals surface area contributed by atoms with Gasteiger partial charge in [0, 0.05) is 6.20 Å². The molecule has 19 heavy (non-hydrogen) atoms. The van der Waals surface area contributed by atoms with Crippen LogP contribution in [0.5, 0.6) is 0 Å². The Morgan fingerprint density at radius 3 is 2.68 bits per heavy atom. The highest BCUT2D eigenvalue weighted by Crippen LogP contribution is 2.11. The van der Waals surface area contributed by atoms with E-state index in [0.29, 0.717) is 5.69 Å². The van der Waals surface area contributed by atoms with Crippen molar-refractivity contribution in [2.24, 2.45) is 0 Å². The van der Waals surface area contributed by atoms with Gasteiger partial charge in [-0.2, -0.15) is 0 Å². The number of carbonyl (C=O) groups is 2. The highest BCUT2D eigenvalue weighted by Gasteiger charge is 2.10. The quantitative estimate of drug-likeness (QED) is 0.834. The Hall–Kier alpha value is -2.36. The van der Waals surface area contributed by atoms with E-state index in [1.54, 1.807) is 22.9 Å². The van der Waals surface area contributed by atoms with Crippen LogP contribution in [0.2, 0.25) is 0 Å². The predicted octanol–water partition coefficient (Wildman–Crippen LogP) is 2.18. The lowest BCUT2D eigenvalue weighted by molar-refractivity contribution is -0.122. The zero-order valence-corrected chi connectivity index (χ0v) is 10.7. The van der Waals surface area contributed by atoms with E-state index in [0.717, 1.165) is 11.8 Å². The molecule has 0 aliphatic heterocycles. The predicted molar refractivity (Wildman–Crippen MR) is 72.8 cm³/mol. The van der Waals surface area contributed by atoms with E-state index in [2.05, 4.69) is 5.32 Å². The Kier molecular flexibility index (Phi) is 4.13. The highest BCUT2D eigenvalue weighted by atomic mass is 16.2. The van der Waals surface area contributed by atoms with Crippen LogP contribution in [0.3, 0.4) is 0 Å². The van der Waals surface area contributed by atoms with E-state index in [1.807, 2.05) is 37.3 Å². The van der Waals surface area contributed by atoms with Crippen LogP contribution in [0.4, 0.5) is 0 Å². The van der Waals surface area contributed by atoms with E-state index in [-0.39, 0.29) is 18.5 Å². The summed E-state index contributed by atoms with van der Waals surface area (Å²) in [6.07, 6.45) is 2.46. The van der Waals surface area contributed by atoms with Crippen molar-refractivity contribution in [3.63, 3.8) is 0 Å². The Bertz CT molecular complexity index is 561. The average Bonchev–Trinajstić information content (AvgIpc) is 2.86. The summed E-state index contributed by atoms with van der Waals surface area (Å²) in [5.41, 5.74) is 1.56. The molecule has 4 nitrogen and oxygen atoms in total. The minimum atomic E-state index is -0.115. The second kappa shape index (κ2) is 6.00. The minimum Gasteiger partial charge on any atom is -0.348 e. The molecule has 98 valence electrons. The van der Waals surface area contributed by atoms with Crippen molar-refractivity contribution in [2.75, 3.05) is 0 Å². The smallest absolute Gasteiger partial charge is 0.240 e. The maximum absolute atomic E-state index is 11.9. The first kappa shape index (κ1) is 13.1. The topological polar surface area (TPSA) is 51.1 Å². The van der Waals surface area contributed by atoms with Crippen LogP contribution in [-0.4, -0.2) is 16.8 Å². The number of nitrogens with one attached hydrogen (secondary N) is 1. The third-order valence-electron chi connectivity index (χ3n) is 2.98. The van der Waals surface area contributed by atoms with Crippen molar-refractivity contribution in [2.45, 2.75) is 19.5 Å². The van der Waals surface area contributed by atoms with Gasteiger partial charge in [-0.15, -0.1) is 0 Å². The number of carbonyl (C=O) groups excluding carboxylic acids is 2. The molecule has 1 aromatic heterocycles. The number of hydrogen-bond donors (Lipinski definition) is 1. The molecule has 0 aliphatic carbocycles. The first-order valence-electron chi connectivity index (χ1n) is 6.15. The molecule has 0 saturated heterocycles. The average molecular weight is 256 g/mol.